The van der Waals surface area contributed by atoms with Gasteiger partial charge in [-0.2, -0.15) is 0 Å². The lowest BCUT2D eigenvalue weighted by Crippen LogP contribution is -2.48. The fraction of sp³-hybridized carbons (Fsp3) is 1.00. The van der Waals surface area contributed by atoms with Crippen LogP contribution in [-0.2, 0) is 0 Å². The molecule has 14 heavy (non-hydrogen) atoms. The molecule has 0 spiro atoms. The summed E-state index contributed by atoms with van der Waals surface area (Å²) in [5, 5.41) is 0. The molecule has 0 aromatic carbocycles. The zero-order chi connectivity index (χ0) is 10.8. The van der Waals surface area contributed by atoms with Crippen LogP contribution in [0.1, 0.15) is 59.8 Å². The topological polar surface area (TPSA) is 26.0 Å². The van der Waals surface area contributed by atoms with Gasteiger partial charge in [-0.15, -0.1) is 0 Å². The van der Waals surface area contributed by atoms with E-state index in [2.05, 4.69) is 27.7 Å². The predicted octanol–water partition coefficient (Wildman–Crippen LogP) is 3.58. The minimum atomic E-state index is 0.114. The molecule has 1 aliphatic rings. The van der Waals surface area contributed by atoms with Crippen molar-refractivity contribution >= 4 is 0 Å². The molecule has 0 aromatic heterocycles. The summed E-state index contributed by atoms with van der Waals surface area (Å²) in [6, 6.07) is 0. The second-order valence-electron chi connectivity index (χ2n) is 5.55. The maximum Gasteiger partial charge on any atom is 0.0177 e. The Morgan fingerprint density at radius 2 is 1.43 bits per heavy atom. The van der Waals surface area contributed by atoms with Crippen LogP contribution in [0.4, 0.5) is 0 Å². The van der Waals surface area contributed by atoms with Gasteiger partial charge in [-0.25, -0.2) is 0 Å². The molecule has 2 atom stereocenters. The van der Waals surface area contributed by atoms with Crippen LogP contribution in [0.25, 0.3) is 0 Å². The first-order valence-corrected chi connectivity index (χ1v) is 6.30. The second-order valence-corrected chi connectivity index (χ2v) is 5.55. The van der Waals surface area contributed by atoms with Crippen molar-refractivity contribution < 1.29 is 0 Å². The lowest BCUT2D eigenvalue weighted by Gasteiger charge is -2.42. The van der Waals surface area contributed by atoms with Gasteiger partial charge in [0.1, 0.15) is 0 Å². The summed E-state index contributed by atoms with van der Waals surface area (Å²) in [5.74, 6) is 2.52. The highest BCUT2D eigenvalue weighted by Crippen LogP contribution is 2.40. The van der Waals surface area contributed by atoms with Gasteiger partial charge in [0.15, 0.2) is 0 Å². The van der Waals surface area contributed by atoms with Crippen molar-refractivity contribution in [2.45, 2.75) is 65.3 Å². The zero-order valence-corrected chi connectivity index (χ0v) is 10.3. The van der Waals surface area contributed by atoms with Crippen molar-refractivity contribution in [3.63, 3.8) is 0 Å². The molecule has 2 N–H and O–H groups in total. The van der Waals surface area contributed by atoms with E-state index in [0.29, 0.717) is 0 Å². The second kappa shape index (κ2) is 4.65. The molecule has 1 heteroatoms. The maximum absolute atomic E-state index is 6.50. The van der Waals surface area contributed by atoms with Crippen molar-refractivity contribution in [2.24, 2.45) is 23.5 Å². The van der Waals surface area contributed by atoms with Gasteiger partial charge in [0, 0.05) is 5.54 Å². The van der Waals surface area contributed by atoms with Gasteiger partial charge >= 0.3 is 0 Å². The van der Waals surface area contributed by atoms with Crippen LogP contribution < -0.4 is 5.73 Å². The molecule has 1 fully saturated rings. The summed E-state index contributed by atoms with van der Waals surface area (Å²) in [6.45, 7) is 9.25. The number of hydrogen-bond donors (Lipinski definition) is 1. The zero-order valence-electron chi connectivity index (χ0n) is 10.3. The minimum Gasteiger partial charge on any atom is -0.325 e. The molecule has 0 radical (unpaired) electrons. The van der Waals surface area contributed by atoms with Crippen LogP contribution in [0, 0.1) is 17.8 Å². The van der Waals surface area contributed by atoms with E-state index in [1.807, 2.05) is 0 Å². The fourth-order valence-corrected chi connectivity index (χ4v) is 3.24. The largest absolute Gasteiger partial charge is 0.325 e. The summed E-state index contributed by atoms with van der Waals surface area (Å²) in [6.07, 6.45) is 6.37. The SMILES string of the molecule is CCC(N)(CC)C1CC(C)CC(C)C1. The van der Waals surface area contributed by atoms with E-state index < -0.39 is 0 Å². The molecular formula is C13H27N. The quantitative estimate of drug-likeness (QED) is 0.735. The Bertz CT molecular complexity index is 162. The summed E-state index contributed by atoms with van der Waals surface area (Å²) in [7, 11) is 0. The maximum atomic E-state index is 6.50. The Hall–Kier alpha value is -0.0400. The van der Waals surface area contributed by atoms with E-state index in [-0.39, 0.29) is 5.54 Å². The molecule has 0 bridgehead atoms. The van der Waals surface area contributed by atoms with Crippen LogP contribution >= 0.6 is 0 Å². The minimum absolute atomic E-state index is 0.114. The number of rotatable bonds is 3. The highest BCUT2D eigenvalue weighted by molar-refractivity contribution is 4.92. The van der Waals surface area contributed by atoms with Gasteiger partial charge in [-0.05, 0) is 49.9 Å². The van der Waals surface area contributed by atoms with Gasteiger partial charge in [-0.1, -0.05) is 27.7 Å². The van der Waals surface area contributed by atoms with Crippen LogP contribution in [-0.4, -0.2) is 5.54 Å². The first kappa shape index (κ1) is 12.0. The van der Waals surface area contributed by atoms with E-state index in [1.54, 1.807) is 0 Å². The van der Waals surface area contributed by atoms with Crippen molar-refractivity contribution in [1.82, 2.24) is 0 Å². The highest BCUT2D eigenvalue weighted by atomic mass is 14.8. The van der Waals surface area contributed by atoms with Gasteiger partial charge < -0.3 is 5.73 Å². The smallest absolute Gasteiger partial charge is 0.0177 e. The molecule has 1 nitrogen and oxygen atoms in total. The predicted molar refractivity (Wildman–Crippen MR) is 63.2 cm³/mol. The molecule has 0 amide bonds. The molecule has 1 aliphatic carbocycles. The first-order chi connectivity index (χ1) is 6.51. The van der Waals surface area contributed by atoms with Crippen molar-refractivity contribution in [1.29, 1.82) is 0 Å². The number of hydrogen-bond acceptors (Lipinski definition) is 1. The third kappa shape index (κ3) is 2.50. The molecule has 1 rings (SSSR count). The van der Waals surface area contributed by atoms with E-state index in [0.717, 1.165) is 30.6 Å². The van der Waals surface area contributed by atoms with Crippen molar-refractivity contribution in [3.8, 4) is 0 Å². The van der Waals surface area contributed by atoms with Gasteiger partial charge in [0.05, 0.1) is 0 Å². The Balaban J connectivity index is 2.66. The molecule has 1 saturated carbocycles. The third-order valence-electron chi connectivity index (χ3n) is 4.31. The average molecular weight is 197 g/mol. The van der Waals surface area contributed by atoms with Crippen LogP contribution in [0.5, 0.6) is 0 Å². The summed E-state index contributed by atoms with van der Waals surface area (Å²) >= 11 is 0. The third-order valence-corrected chi connectivity index (χ3v) is 4.31. The van der Waals surface area contributed by atoms with Gasteiger partial charge in [-0.3, -0.25) is 0 Å². The summed E-state index contributed by atoms with van der Waals surface area (Å²) < 4.78 is 0. The Labute approximate surface area is 89.5 Å². The standard InChI is InChI=1S/C13H27N/c1-5-13(14,6-2)12-8-10(3)7-11(4)9-12/h10-12H,5-9,14H2,1-4H3. The van der Waals surface area contributed by atoms with E-state index in [1.165, 1.54) is 19.3 Å². The molecule has 0 aromatic rings. The lowest BCUT2D eigenvalue weighted by atomic mass is 9.67. The summed E-state index contributed by atoms with van der Waals surface area (Å²) in [5.41, 5.74) is 6.61. The molecule has 0 saturated heterocycles. The monoisotopic (exact) mass is 197 g/mol. The normalized spacial score (nSPS) is 34.5. The fourth-order valence-electron chi connectivity index (χ4n) is 3.24. The lowest BCUT2D eigenvalue weighted by molar-refractivity contribution is 0.128. The Kier molecular flexibility index (Phi) is 4.00. The molecule has 84 valence electrons. The van der Waals surface area contributed by atoms with E-state index in [9.17, 15) is 0 Å². The number of nitrogens with two attached hydrogens (primary N) is 1. The molecule has 0 aliphatic heterocycles. The van der Waals surface area contributed by atoms with Gasteiger partial charge in [0.25, 0.3) is 0 Å². The van der Waals surface area contributed by atoms with Crippen LogP contribution in [0.15, 0.2) is 0 Å². The molecular weight excluding hydrogens is 170 g/mol. The Morgan fingerprint density at radius 3 is 1.79 bits per heavy atom. The van der Waals surface area contributed by atoms with E-state index >= 15 is 0 Å². The van der Waals surface area contributed by atoms with Crippen molar-refractivity contribution in [3.05, 3.63) is 0 Å². The van der Waals surface area contributed by atoms with Crippen molar-refractivity contribution in [2.75, 3.05) is 0 Å². The average Bonchev–Trinajstić information content (AvgIpc) is 2.15. The summed E-state index contributed by atoms with van der Waals surface area (Å²) in [4.78, 5) is 0. The van der Waals surface area contributed by atoms with E-state index in [4.69, 9.17) is 5.73 Å². The van der Waals surface area contributed by atoms with Crippen LogP contribution in [0.2, 0.25) is 0 Å². The highest BCUT2D eigenvalue weighted by Gasteiger charge is 2.36. The molecule has 2 unspecified atom stereocenters. The first-order valence-electron chi connectivity index (χ1n) is 6.30. The van der Waals surface area contributed by atoms with Gasteiger partial charge in [0.2, 0.25) is 0 Å². The molecule has 0 heterocycles. The Morgan fingerprint density at radius 1 is 1.00 bits per heavy atom. The van der Waals surface area contributed by atoms with Crippen LogP contribution in [0.3, 0.4) is 0 Å².